The number of ether oxygens (including phenoxy) is 2. The number of amides is 1. The summed E-state index contributed by atoms with van der Waals surface area (Å²) in [5, 5.41) is 0. The number of hydrogen-bond donors (Lipinski definition) is 0. The molecule has 0 aromatic heterocycles. The SMILES string of the molecule is CCC(CC(C)(C)C(=O)OCCOC(=O)C(C)(C)CC)N1CCCC1=O. The van der Waals surface area contributed by atoms with E-state index in [9.17, 15) is 14.4 Å². The molecule has 1 atom stereocenters. The maximum Gasteiger partial charge on any atom is 0.311 e. The van der Waals surface area contributed by atoms with Crippen LogP contribution in [0.4, 0.5) is 0 Å². The van der Waals surface area contributed by atoms with E-state index in [1.54, 1.807) is 0 Å². The van der Waals surface area contributed by atoms with Crippen molar-refractivity contribution in [3.63, 3.8) is 0 Å². The van der Waals surface area contributed by atoms with E-state index in [2.05, 4.69) is 0 Å². The lowest BCUT2D eigenvalue weighted by Crippen LogP contribution is -2.41. The molecule has 0 bridgehead atoms. The summed E-state index contributed by atoms with van der Waals surface area (Å²) in [5.41, 5.74) is -1.23. The van der Waals surface area contributed by atoms with Gasteiger partial charge in [-0.3, -0.25) is 14.4 Å². The lowest BCUT2D eigenvalue weighted by Gasteiger charge is -2.33. The van der Waals surface area contributed by atoms with Crippen LogP contribution in [0.3, 0.4) is 0 Å². The summed E-state index contributed by atoms with van der Waals surface area (Å²) in [6.07, 6.45) is 3.55. The molecule has 1 rings (SSSR count). The molecule has 0 saturated carbocycles. The molecule has 1 fully saturated rings. The van der Waals surface area contributed by atoms with E-state index in [0.717, 1.165) is 19.4 Å². The lowest BCUT2D eigenvalue weighted by molar-refractivity contribution is -0.163. The van der Waals surface area contributed by atoms with Crippen molar-refractivity contribution in [2.24, 2.45) is 10.8 Å². The second-order valence-electron chi connectivity index (χ2n) is 8.35. The van der Waals surface area contributed by atoms with Gasteiger partial charge in [0, 0.05) is 19.0 Å². The minimum absolute atomic E-state index is 0.0488. The Hall–Kier alpha value is -1.59. The fourth-order valence-corrected chi connectivity index (χ4v) is 3.01. The molecule has 6 heteroatoms. The summed E-state index contributed by atoms with van der Waals surface area (Å²) in [6, 6.07) is 0.0516. The second-order valence-corrected chi connectivity index (χ2v) is 8.35. The highest BCUT2D eigenvalue weighted by Crippen LogP contribution is 2.30. The van der Waals surface area contributed by atoms with Crippen LogP contribution in [0.1, 0.15) is 73.6 Å². The van der Waals surface area contributed by atoms with Gasteiger partial charge in [0.25, 0.3) is 0 Å². The van der Waals surface area contributed by atoms with E-state index in [4.69, 9.17) is 9.47 Å². The number of carbonyl (C=O) groups excluding carboxylic acids is 3. The molecular formula is C20H35NO5. The second kappa shape index (κ2) is 9.38. The van der Waals surface area contributed by atoms with Crippen molar-refractivity contribution in [2.45, 2.75) is 79.7 Å². The monoisotopic (exact) mass is 369 g/mol. The molecule has 0 aromatic rings. The number of hydrogen-bond acceptors (Lipinski definition) is 5. The topological polar surface area (TPSA) is 72.9 Å². The Morgan fingerprint density at radius 1 is 1.04 bits per heavy atom. The highest BCUT2D eigenvalue weighted by Gasteiger charge is 2.36. The normalized spacial score (nSPS) is 16.5. The van der Waals surface area contributed by atoms with Crippen LogP contribution >= 0.6 is 0 Å². The summed E-state index contributed by atoms with van der Waals surface area (Å²) in [5.74, 6) is -0.436. The van der Waals surface area contributed by atoms with E-state index < -0.39 is 10.8 Å². The number of carbonyl (C=O) groups is 3. The summed E-state index contributed by atoms with van der Waals surface area (Å²) in [6.45, 7) is 12.2. The third-order valence-corrected chi connectivity index (χ3v) is 5.31. The van der Waals surface area contributed by atoms with Gasteiger partial charge in [-0.25, -0.2) is 0 Å². The van der Waals surface area contributed by atoms with Crippen LogP contribution in [0.15, 0.2) is 0 Å². The van der Waals surface area contributed by atoms with Crippen molar-refractivity contribution in [2.75, 3.05) is 19.8 Å². The van der Waals surface area contributed by atoms with Crippen LogP contribution in [-0.2, 0) is 23.9 Å². The maximum absolute atomic E-state index is 12.4. The molecule has 1 unspecified atom stereocenters. The van der Waals surface area contributed by atoms with Crippen LogP contribution in [0, 0.1) is 10.8 Å². The molecule has 1 heterocycles. The molecule has 1 aliphatic rings. The number of esters is 2. The van der Waals surface area contributed by atoms with Crippen molar-refractivity contribution in [1.82, 2.24) is 4.90 Å². The van der Waals surface area contributed by atoms with Gasteiger partial charge in [-0.2, -0.15) is 0 Å². The van der Waals surface area contributed by atoms with Crippen molar-refractivity contribution < 1.29 is 23.9 Å². The van der Waals surface area contributed by atoms with Crippen LogP contribution < -0.4 is 0 Å². The molecule has 1 saturated heterocycles. The van der Waals surface area contributed by atoms with E-state index in [1.165, 1.54) is 0 Å². The van der Waals surface area contributed by atoms with E-state index in [-0.39, 0.29) is 37.1 Å². The molecule has 0 aromatic carbocycles. The molecule has 0 aliphatic carbocycles. The average Bonchev–Trinajstić information content (AvgIpc) is 3.01. The van der Waals surface area contributed by atoms with Crippen molar-refractivity contribution >= 4 is 17.8 Å². The Morgan fingerprint density at radius 2 is 1.58 bits per heavy atom. The molecular weight excluding hydrogens is 334 g/mol. The van der Waals surface area contributed by atoms with Gasteiger partial charge in [0.2, 0.25) is 5.91 Å². The largest absolute Gasteiger partial charge is 0.462 e. The summed E-state index contributed by atoms with van der Waals surface area (Å²) in [4.78, 5) is 38.2. The van der Waals surface area contributed by atoms with E-state index >= 15 is 0 Å². The van der Waals surface area contributed by atoms with Gasteiger partial charge in [0.1, 0.15) is 13.2 Å². The summed E-state index contributed by atoms with van der Waals surface area (Å²) < 4.78 is 10.5. The van der Waals surface area contributed by atoms with Gasteiger partial charge in [-0.1, -0.05) is 13.8 Å². The van der Waals surface area contributed by atoms with Crippen molar-refractivity contribution in [3.8, 4) is 0 Å². The van der Waals surface area contributed by atoms with Gasteiger partial charge in [-0.15, -0.1) is 0 Å². The van der Waals surface area contributed by atoms with Gasteiger partial charge >= 0.3 is 11.9 Å². The number of likely N-dealkylation sites (tertiary alicyclic amines) is 1. The Kier molecular flexibility index (Phi) is 8.10. The molecule has 0 radical (unpaired) electrons. The first-order valence-electron chi connectivity index (χ1n) is 9.69. The zero-order valence-corrected chi connectivity index (χ0v) is 17.2. The minimum atomic E-state index is -0.698. The van der Waals surface area contributed by atoms with Crippen LogP contribution in [-0.4, -0.2) is 48.5 Å². The molecule has 26 heavy (non-hydrogen) atoms. The van der Waals surface area contributed by atoms with Crippen LogP contribution in [0.25, 0.3) is 0 Å². The summed E-state index contributed by atoms with van der Waals surface area (Å²) in [7, 11) is 0. The third kappa shape index (κ3) is 5.99. The Bertz CT molecular complexity index is 512. The fraction of sp³-hybridized carbons (Fsp3) is 0.850. The third-order valence-electron chi connectivity index (χ3n) is 5.31. The predicted molar refractivity (Wildman–Crippen MR) is 99.4 cm³/mol. The summed E-state index contributed by atoms with van der Waals surface area (Å²) >= 11 is 0. The van der Waals surface area contributed by atoms with Crippen molar-refractivity contribution in [3.05, 3.63) is 0 Å². The molecule has 0 N–H and O–H groups in total. The quantitative estimate of drug-likeness (QED) is 0.436. The van der Waals surface area contributed by atoms with Crippen molar-refractivity contribution in [1.29, 1.82) is 0 Å². The zero-order chi connectivity index (χ0) is 20.0. The predicted octanol–water partition coefficient (Wildman–Crippen LogP) is 3.33. The first-order chi connectivity index (χ1) is 12.0. The number of nitrogens with zero attached hydrogens (tertiary/aromatic N) is 1. The number of rotatable bonds is 10. The Labute approximate surface area is 157 Å². The minimum Gasteiger partial charge on any atom is -0.462 e. The van der Waals surface area contributed by atoms with E-state index in [1.807, 2.05) is 46.4 Å². The first kappa shape index (κ1) is 22.5. The van der Waals surface area contributed by atoms with Crippen LogP contribution in [0.5, 0.6) is 0 Å². The Morgan fingerprint density at radius 3 is 2.00 bits per heavy atom. The molecule has 6 nitrogen and oxygen atoms in total. The first-order valence-corrected chi connectivity index (χ1v) is 9.69. The van der Waals surface area contributed by atoms with E-state index in [0.29, 0.717) is 19.3 Å². The standard InChI is InChI=1S/C20H35NO5/c1-7-15(21-11-9-10-16(21)22)14-20(5,6)18(24)26-13-12-25-17(23)19(3,4)8-2/h15H,7-14H2,1-6H3. The lowest BCUT2D eigenvalue weighted by atomic mass is 9.84. The molecule has 150 valence electrons. The van der Waals surface area contributed by atoms with Gasteiger partial charge in [0.15, 0.2) is 0 Å². The zero-order valence-electron chi connectivity index (χ0n) is 17.2. The molecule has 1 aliphatic heterocycles. The molecule has 1 amide bonds. The van der Waals surface area contributed by atoms with Crippen LogP contribution in [0.2, 0.25) is 0 Å². The average molecular weight is 370 g/mol. The van der Waals surface area contributed by atoms with Gasteiger partial charge in [-0.05, 0) is 53.4 Å². The van der Waals surface area contributed by atoms with Gasteiger partial charge in [0.05, 0.1) is 10.8 Å². The van der Waals surface area contributed by atoms with Gasteiger partial charge < -0.3 is 14.4 Å². The fourth-order valence-electron chi connectivity index (χ4n) is 3.01. The maximum atomic E-state index is 12.4. The smallest absolute Gasteiger partial charge is 0.311 e. The highest BCUT2D eigenvalue weighted by molar-refractivity contribution is 5.79. The highest BCUT2D eigenvalue weighted by atomic mass is 16.6. The Balaban J connectivity index is 2.46. The molecule has 0 spiro atoms.